The monoisotopic (exact) mass is 414 g/mol. The Balaban J connectivity index is 1.34. The number of fused-ring (bicyclic) bond motifs is 1. The van der Waals surface area contributed by atoms with Gasteiger partial charge in [-0.2, -0.15) is 0 Å². The lowest BCUT2D eigenvalue weighted by Crippen LogP contribution is -2.35. The molecule has 0 saturated heterocycles. The highest BCUT2D eigenvalue weighted by Crippen LogP contribution is 2.46. The molecule has 1 amide bonds. The van der Waals surface area contributed by atoms with Gasteiger partial charge in [0, 0.05) is 10.8 Å². The minimum atomic E-state index is -3.34. The van der Waals surface area contributed by atoms with E-state index < -0.39 is 15.6 Å². The SMILES string of the molecule is O=C(NC1(c2csc(NS(=O)(=O)C3CC3)n2)CC1)c1ccc2ccccc2n1. The third kappa shape index (κ3) is 3.24. The number of nitrogens with one attached hydrogen (secondary N) is 2. The van der Waals surface area contributed by atoms with Crippen LogP contribution in [0.1, 0.15) is 41.9 Å². The number of benzene rings is 1. The van der Waals surface area contributed by atoms with Crippen molar-refractivity contribution in [3.8, 4) is 0 Å². The number of anilines is 1. The Kier molecular flexibility index (Phi) is 3.92. The number of carbonyl (C=O) groups excluding carboxylic acids is 1. The lowest BCUT2D eigenvalue weighted by Gasteiger charge is -2.15. The molecule has 2 heterocycles. The smallest absolute Gasteiger partial charge is 0.270 e. The molecule has 0 radical (unpaired) electrons. The molecule has 144 valence electrons. The molecule has 1 aromatic carbocycles. The third-order valence-corrected chi connectivity index (χ3v) is 7.84. The highest BCUT2D eigenvalue weighted by Gasteiger charge is 2.48. The molecule has 0 unspecified atom stereocenters. The second kappa shape index (κ2) is 6.25. The Morgan fingerprint density at radius 1 is 1.11 bits per heavy atom. The summed E-state index contributed by atoms with van der Waals surface area (Å²) in [5.74, 6) is -0.253. The summed E-state index contributed by atoms with van der Waals surface area (Å²) >= 11 is 1.24. The number of carbonyl (C=O) groups is 1. The zero-order valence-corrected chi connectivity index (χ0v) is 16.5. The van der Waals surface area contributed by atoms with Crippen molar-refractivity contribution in [1.29, 1.82) is 0 Å². The van der Waals surface area contributed by atoms with Crippen LogP contribution in [0.4, 0.5) is 5.13 Å². The number of hydrogen-bond donors (Lipinski definition) is 2. The van der Waals surface area contributed by atoms with Crippen molar-refractivity contribution in [2.24, 2.45) is 0 Å². The highest BCUT2D eigenvalue weighted by atomic mass is 32.2. The van der Waals surface area contributed by atoms with Crippen LogP contribution in [0, 0.1) is 0 Å². The van der Waals surface area contributed by atoms with Crippen molar-refractivity contribution >= 4 is 43.3 Å². The lowest BCUT2D eigenvalue weighted by molar-refractivity contribution is 0.0925. The van der Waals surface area contributed by atoms with E-state index in [1.165, 1.54) is 11.3 Å². The molecule has 2 N–H and O–H groups in total. The van der Waals surface area contributed by atoms with E-state index in [2.05, 4.69) is 20.0 Å². The van der Waals surface area contributed by atoms with Gasteiger partial charge in [-0.05, 0) is 37.8 Å². The van der Waals surface area contributed by atoms with E-state index >= 15 is 0 Å². The van der Waals surface area contributed by atoms with Gasteiger partial charge in [0.1, 0.15) is 5.69 Å². The van der Waals surface area contributed by atoms with Crippen LogP contribution in [0.3, 0.4) is 0 Å². The second-order valence-electron chi connectivity index (χ2n) is 7.31. The molecule has 0 bridgehead atoms. The van der Waals surface area contributed by atoms with Gasteiger partial charge in [0.05, 0.1) is 22.0 Å². The van der Waals surface area contributed by atoms with Crippen LogP contribution in [0.25, 0.3) is 10.9 Å². The van der Waals surface area contributed by atoms with Crippen LogP contribution in [0.5, 0.6) is 0 Å². The van der Waals surface area contributed by atoms with Gasteiger partial charge >= 0.3 is 0 Å². The molecule has 5 rings (SSSR count). The van der Waals surface area contributed by atoms with E-state index in [9.17, 15) is 13.2 Å². The second-order valence-corrected chi connectivity index (χ2v) is 10.1. The van der Waals surface area contributed by atoms with Gasteiger partial charge in [0.2, 0.25) is 10.0 Å². The summed E-state index contributed by atoms with van der Waals surface area (Å²) in [6, 6.07) is 11.2. The summed E-state index contributed by atoms with van der Waals surface area (Å²) in [4.78, 5) is 21.6. The van der Waals surface area contributed by atoms with Crippen molar-refractivity contribution in [2.45, 2.75) is 36.5 Å². The standard InChI is InChI=1S/C19H18N4O3S2/c24-17(15-8-5-12-3-1-2-4-14(12)20-15)22-19(9-10-19)16-11-27-18(21-16)23-28(25,26)13-6-7-13/h1-5,8,11,13H,6-7,9-10H2,(H,21,23)(H,22,24). The Bertz CT molecular complexity index is 1180. The van der Waals surface area contributed by atoms with E-state index in [1.807, 2.05) is 35.7 Å². The topological polar surface area (TPSA) is 101 Å². The zero-order chi connectivity index (χ0) is 19.4. The van der Waals surface area contributed by atoms with Crippen molar-refractivity contribution in [1.82, 2.24) is 15.3 Å². The van der Waals surface area contributed by atoms with Gasteiger partial charge in [-0.25, -0.2) is 18.4 Å². The van der Waals surface area contributed by atoms with Gasteiger partial charge in [0.15, 0.2) is 5.13 Å². The summed E-state index contributed by atoms with van der Waals surface area (Å²) < 4.78 is 26.7. The number of amides is 1. The van der Waals surface area contributed by atoms with E-state index in [-0.39, 0.29) is 11.2 Å². The number of pyridine rings is 1. The number of rotatable bonds is 6. The fraction of sp³-hybridized carbons (Fsp3) is 0.316. The first-order chi connectivity index (χ1) is 13.5. The fourth-order valence-corrected chi connectivity index (χ4v) is 5.57. The van der Waals surface area contributed by atoms with E-state index in [0.717, 1.165) is 23.7 Å². The van der Waals surface area contributed by atoms with Crippen molar-refractivity contribution in [3.63, 3.8) is 0 Å². The molecular formula is C19H18N4O3S2. The van der Waals surface area contributed by atoms with E-state index in [0.29, 0.717) is 29.4 Å². The van der Waals surface area contributed by atoms with Crippen LogP contribution < -0.4 is 10.0 Å². The molecular weight excluding hydrogens is 396 g/mol. The van der Waals surface area contributed by atoms with Gasteiger partial charge in [-0.1, -0.05) is 24.3 Å². The molecule has 3 aromatic rings. The molecule has 0 aliphatic heterocycles. The maximum atomic E-state index is 12.7. The molecule has 2 aliphatic carbocycles. The first kappa shape index (κ1) is 17.6. The van der Waals surface area contributed by atoms with Gasteiger partial charge in [-0.15, -0.1) is 11.3 Å². The Labute approximate surface area is 166 Å². The summed E-state index contributed by atoms with van der Waals surface area (Å²) in [5.41, 5.74) is 1.28. The Morgan fingerprint density at radius 2 is 1.89 bits per heavy atom. The van der Waals surface area contributed by atoms with E-state index in [1.54, 1.807) is 6.07 Å². The predicted molar refractivity (Wildman–Crippen MR) is 108 cm³/mol. The predicted octanol–water partition coefficient (Wildman–Crippen LogP) is 3.01. The quantitative estimate of drug-likeness (QED) is 0.646. The number of thiazole rings is 1. The maximum absolute atomic E-state index is 12.7. The van der Waals surface area contributed by atoms with E-state index in [4.69, 9.17) is 0 Å². The van der Waals surface area contributed by atoms with Gasteiger partial charge in [-0.3, -0.25) is 9.52 Å². The highest BCUT2D eigenvalue weighted by molar-refractivity contribution is 7.93. The zero-order valence-electron chi connectivity index (χ0n) is 14.9. The van der Waals surface area contributed by atoms with Crippen molar-refractivity contribution < 1.29 is 13.2 Å². The third-order valence-electron chi connectivity index (χ3n) is 5.12. The normalized spacial score (nSPS) is 18.0. The number of hydrogen-bond acceptors (Lipinski definition) is 6. The molecule has 2 aliphatic rings. The fourth-order valence-electron chi connectivity index (χ4n) is 3.17. The molecule has 0 spiro atoms. The van der Waals surface area contributed by atoms with Crippen LogP contribution in [0.15, 0.2) is 41.8 Å². The van der Waals surface area contributed by atoms with Crippen LogP contribution in [0.2, 0.25) is 0 Å². The van der Waals surface area contributed by atoms with Crippen LogP contribution in [-0.2, 0) is 15.6 Å². The molecule has 9 heteroatoms. The molecule has 0 atom stereocenters. The molecule has 2 aromatic heterocycles. The van der Waals surface area contributed by atoms with Crippen molar-refractivity contribution in [3.05, 3.63) is 53.2 Å². The molecule has 28 heavy (non-hydrogen) atoms. The molecule has 2 fully saturated rings. The number of sulfonamides is 1. The number of aromatic nitrogens is 2. The first-order valence-electron chi connectivity index (χ1n) is 9.11. The summed E-state index contributed by atoms with van der Waals surface area (Å²) in [7, 11) is -3.34. The largest absolute Gasteiger partial charge is 0.340 e. The van der Waals surface area contributed by atoms with Crippen molar-refractivity contribution in [2.75, 3.05) is 4.72 Å². The van der Waals surface area contributed by atoms with Crippen LogP contribution in [-0.4, -0.2) is 29.5 Å². The average Bonchev–Trinajstić information content (AvgIpc) is 3.61. The maximum Gasteiger partial charge on any atom is 0.270 e. The Morgan fingerprint density at radius 3 is 2.64 bits per heavy atom. The summed E-state index contributed by atoms with van der Waals surface area (Å²) in [5, 5.41) is 5.89. The summed E-state index contributed by atoms with van der Waals surface area (Å²) in [6.07, 6.45) is 2.94. The summed E-state index contributed by atoms with van der Waals surface area (Å²) in [6.45, 7) is 0. The minimum Gasteiger partial charge on any atom is -0.340 e. The Hall–Kier alpha value is -2.52. The first-order valence-corrected chi connectivity index (χ1v) is 11.5. The van der Waals surface area contributed by atoms with Gasteiger partial charge < -0.3 is 5.32 Å². The number of para-hydroxylation sites is 1. The lowest BCUT2D eigenvalue weighted by atomic mass is 10.1. The molecule has 2 saturated carbocycles. The van der Waals surface area contributed by atoms with Crippen LogP contribution >= 0.6 is 11.3 Å². The number of nitrogens with zero attached hydrogens (tertiary/aromatic N) is 2. The average molecular weight is 415 g/mol. The minimum absolute atomic E-state index is 0.253. The van der Waals surface area contributed by atoms with Gasteiger partial charge in [0.25, 0.3) is 5.91 Å². The molecule has 7 nitrogen and oxygen atoms in total.